The maximum atomic E-state index is 6.21. The Hall–Kier alpha value is -1.06. The molecule has 19 heavy (non-hydrogen) atoms. The normalized spacial score (nSPS) is 21.9. The smallest absolute Gasteiger partial charge is 0.131 e. The highest BCUT2D eigenvalue weighted by molar-refractivity contribution is 5.37. The van der Waals surface area contributed by atoms with Crippen LogP contribution in [0.3, 0.4) is 0 Å². The minimum Gasteiger partial charge on any atom is -0.485 e. The van der Waals surface area contributed by atoms with Gasteiger partial charge in [0.2, 0.25) is 0 Å². The second kappa shape index (κ2) is 4.80. The molecule has 1 saturated heterocycles. The lowest BCUT2D eigenvalue weighted by molar-refractivity contribution is -0.0776. The highest BCUT2D eigenvalue weighted by Crippen LogP contribution is 2.30. The van der Waals surface area contributed by atoms with E-state index in [-0.39, 0.29) is 5.60 Å². The third-order valence-corrected chi connectivity index (χ3v) is 4.23. The third-order valence-electron chi connectivity index (χ3n) is 4.23. The fourth-order valence-corrected chi connectivity index (χ4v) is 3.05. The van der Waals surface area contributed by atoms with Gasteiger partial charge in [-0.1, -0.05) is 6.07 Å². The van der Waals surface area contributed by atoms with Gasteiger partial charge in [-0.25, -0.2) is 0 Å². The van der Waals surface area contributed by atoms with Gasteiger partial charge in [0.05, 0.1) is 0 Å². The van der Waals surface area contributed by atoms with Gasteiger partial charge in [-0.3, -0.25) is 4.90 Å². The number of nitrogens with zero attached hydrogens (tertiary/aromatic N) is 1. The van der Waals surface area contributed by atoms with Gasteiger partial charge in [0.15, 0.2) is 0 Å². The molecule has 2 heterocycles. The van der Waals surface area contributed by atoms with Crippen LogP contribution in [0.1, 0.15) is 31.9 Å². The Kier molecular flexibility index (Phi) is 3.27. The first kappa shape index (κ1) is 12.9. The summed E-state index contributed by atoms with van der Waals surface area (Å²) in [5.41, 5.74) is 2.85. The molecule has 2 aliphatic heterocycles. The van der Waals surface area contributed by atoms with Crippen molar-refractivity contribution < 1.29 is 4.74 Å². The molecule has 0 saturated carbocycles. The largest absolute Gasteiger partial charge is 0.485 e. The van der Waals surface area contributed by atoms with E-state index in [4.69, 9.17) is 4.74 Å². The average Bonchev–Trinajstić information content (AvgIpc) is 2.35. The minimum atomic E-state index is -0.0133. The number of rotatable bonds is 3. The monoisotopic (exact) mass is 260 g/mol. The molecule has 0 unspecified atom stereocenters. The molecule has 3 heteroatoms. The second-order valence-electron chi connectivity index (χ2n) is 6.41. The molecule has 1 aromatic rings. The molecule has 0 bridgehead atoms. The van der Waals surface area contributed by atoms with E-state index in [0.29, 0.717) is 6.04 Å². The van der Waals surface area contributed by atoms with Crippen molar-refractivity contribution in [3.8, 4) is 5.75 Å². The number of likely N-dealkylation sites (tertiary alicyclic amines) is 1. The highest BCUT2D eigenvalue weighted by Gasteiger charge is 2.41. The summed E-state index contributed by atoms with van der Waals surface area (Å²) >= 11 is 0. The van der Waals surface area contributed by atoms with Gasteiger partial charge in [-0.2, -0.15) is 0 Å². The Morgan fingerprint density at radius 2 is 2.05 bits per heavy atom. The molecule has 3 nitrogen and oxygen atoms in total. The van der Waals surface area contributed by atoms with Crippen molar-refractivity contribution in [1.29, 1.82) is 0 Å². The Labute approximate surface area is 115 Å². The van der Waals surface area contributed by atoms with Gasteiger partial charge in [-0.05, 0) is 57.0 Å². The third kappa shape index (κ3) is 2.63. The molecule has 2 aliphatic rings. The molecule has 3 rings (SSSR count). The predicted octanol–water partition coefficient (Wildman–Crippen LogP) is 2.19. The number of benzene rings is 1. The summed E-state index contributed by atoms with van der Waals surface area (Å²) in [6, 6.07) is 7.19. The highest BCUT2D eigenvalue weighted by atomic mass is 16.5. The lowest BCUT2D eigenvalue weighted by Crippen LogP contribution is -2.64. The average molecular weight is 260 g/mol. The van der Waals surface area contributed by atoms with Crippen LogP contribution in [-0.2, 0) is 13.0 Å². The van der Waals surface area contributed by atoms with Crippen LogP contribution >= 0.6 is 0 Å². The first-order chi connectivity index (χ1) is 9.06. The Morgan fingerprint density at radius 3 is 2.79 bits per heavy atom. The molecule has 1 aromatic carbocycles. The zero-order valence-electron chi connectivity index (χ0n) is 12.2. The van der Waals surface area contributed by atoms with Gasteiger partial charge < -0.3 is 10.1 Å². The van der Waals surface area contributed by atoms with E-state index in [1.54, 1.807) is 0 Å². The summed E-state index contributed by atoms with van der Waals surface area (Å²) in [7, 11) is 0. The fraction of sp³-hybridized carbons (Fsp3) is 0.625. The van der Waals surface area contributed by atoms with E-state index in [1.807, 2.05) is 0 Å². The summed E-state index contributed by atoms with van der Waals surface area (Å²) in [4.78, 5) is 2.44. The van der Waals surface area contributed by atoms with E-state index < -0.39 is 0 Å². The van der Waals surface area contributed by atoms with Crippen molar-refractivity contribution in [3.05, 3.63) is 29.3 Å². The number of fused-ring (bicyclic) bond motifs is 1. The first-order valence-electron chi connectivity index (χ1n) is 7.31. The summed E-state index contributed by atoms with van der Waals surface area (Å²) < 4.78 is 6.21. The molecule has 0 atom stereocenters. The number of hydrogen-bond donors (Lipinski definition) is 1. The van der Waals surface area contributed by atoms with Crippen molar-refractivity contribution in [3.63, 3.8) is 0 Å². The molecular weight excluding hydrogens is 236 g/mol. The minimum absolute atomic E-state index is 0.0133. The Morgan fingerprint density at radius 1 is 1.26 bits per heavy atom. The summed E-state index contributed by atoms with van der Waals surface area (Å²) in [5, 5.41) is 3.42. The van der Waals surface area contributed by atoms with Crippen LogP contribution in [0.15, 0.2) is 18.2 Å². The Bertz CT molecular complexity index is 464. The maximum Gasteiger partial charge on any atom is 0.131 e. The van der Waals surface area contributed by atoms with Crippen LogP contribution in [0, 0.1) is 0 Å². The van der Waals surface area contributed by atoms with Gasteiger partial charge in [-0.15, -0.1) is 0 Å². The molecule has 104 valence electrons. The van der Waals surface area contributed by atoms with E-state index in [9.17, 15) is 0 Å². The zero-order chi connectivity index (χ0) is 13.5. The van der Waals surface area contributed by atoms with Gasteiger partial charge in [0.1, 0.15) is 11.4 Å². The van der Waals surface area contributed by atoms with Crippen molar-refractivity contribution in [2.45, 2.75) is 45.4 Å². The molecule has 0 aliphatic carbocycles. The molecule has 0 radical (unpaired) electrons. The number of hydrogen-bond acceptors (Lipinski definition) is 3. The van der Waals surface area contributed by atoms with Crippen molar-refractivity contribution in [1.82, 2.24) is 10.2 Å². The summed E-state index contributed by atoms with van der Waals surface area (Å²) in [6.45, 7) is 10.8. The maximum absolute atomic E-state index is 6.21. The van der Waals surface area contributed by atoms with E-state index in [2.05, 4.69) is 49.2 Å². The predicted molar refractivity (Wildman–Crippen MR) is 77.6 cm³/mol. The lowest BCUT2D eigenvalue weighted by atomic mass is 9.94. The molecule has 1 fully saturated rings. The van der Waals surface area contributed by atoms with Crippen LogP contribution < -0.4 is 10.1 Å². The standard InChI is InChI=1S/C16H24N2O/c1-12(2)18-10-16(3,11-18)19-15-5-4-13-6-7-17-9-14(13)8-15/h4-5,8,12,17H,6-7,9-11H2,1-3H3. The van der Waals surface area contributed by atoms with Crippen molar-refractivity contribution >= 4 is 0 Å². The van der Waals surface area contributed by atoms with Crippen LogP contribution in [0.5, 0.6) is 5.75 Å². The number of nitrogens with one attached hydrogen (secondary N) is 1. The van der Waals surface area contributed by atoms with Crippen LogP contribution in [0.2, 0.25) is 0 Å². The second-order valence-corrected chi connectivity index (χ2v) is 6.41. The van der Waals surface area contributed by atoms with E-state index in [0.717, 1.165) is 38.3 Å². The first-order valence-corrected chi connectivity index (χ1v) is 7.31. The summed E-state index contributed by atoms with van der Waals surface area (Å²) in [6.07, 6.45) is 1.13. The number of ether oxygens (including phenoxy) is 1. The molecule has 0 amide bonds. The van der Waals surface area contributed by atoms with Crippen LogP contribution in [-0.4, -0.2) is 36.2 Å². The van der Waals surface area contributed by atoms with Gasteiger partial charge >= 0.3 is 0 Å². The molecular formula is C16H24N2O. The summed E-state index contributed by atoms with van der Waals surface area (Å²) in [5.74, 6) is 1.02. The topological polar surface area (TPSA) is 24.5 Å². The van der Waals surface area contributed by atoms with Crippen molar-refractivity contribution in [2.24, 2.45) is 0 Å². The molecule has 0 spiro atoms. The van der Waals surface area contributed by atoms with Crippen LogP contribution in [0.25, 0.3) is 0 Å². The Balaban J connectivity index is 1.67. The van der Waals surface area contributed by atoms with E-state index >= 15 is 0 Å². The van der Waals surface area contributed by atoms with Crippen molar-refractivity contribution in [2.75, 3.05) is 19.6 Å². The van der Waals surface area contributed by atoms with Crippen LogP contribution in [0.4, 0.5) is 0 Å². The molecule has 0 aromatic heterocycles. The quantitative estimate of drug-likeness (QED) is 0.901. The van der Waals surface area contributed by atoms with E-state index in [1.165, 1.54) is 11.1 Å². The zero-order valence-corrected chi connectivity index (χ0v) is 12.2. The fourth-order valence-electron chi connectivity index (χ4n) is 3.05. The molecule has 1 N–H and O–H groups in total. The van der Waals surface area contributed by atoms with Gasteiger partial charge in [0, 0.05) is 25.7 Å². The lowest BCUT2D eigenvalue weighted by Gasteiger charge is -2.49. The SMILES string of the molecule is CC(C)N1CC(C)(Oc2ccc3c(c2)CNCC3)C1. The van der Waals surface area contributed by atoms with Gasteiger partial charge in [0.25, 0.3) is 0 Å².